The number of alkyl halides is 1. The van der Waals surface area contributed by atoms with Crippen molar-refractivity contribution in [3.8, 4) is 17.2 Å². The van der Waals surface area contributed by atoms with Crippen LogP contribution in [0.5, 0.6) is 17.2 Å². The summed E-state index contributed by atoms with van der Waals surface area (Å²) in [5, 5.41) is 32.4. The summed E-state index contributed by atoms with van der Waals surface area (Å²) >= 11 is 0. The fourth-order valence-electron chi connectivity index (χ4n) is 2.56. The molecule has 0 aliphatic carbocycles. The summed E-state index contributed by atoms with van der Waals surface area (Å²) in [6.45, 7) is 2.51. The second kappa shape index (κ2) is 6.08. The molecule has 0 radical (unpaired) electrons. The zero-order valence-corrected chi connectivity index (χ0v) is 10.6. The van der Waals surface area contributed by atoms with Gasteiger partial charge in [0, 0.05) is 44.4 Å². The highest BCUT2D eigenvalue weighted by Crippen LogP contribution is 2.40. The molecular formula is C13H19FN2O3. The predicted octanol–water partition coefficient (Wildman–Crippen LogP) is 1.11. The lowest BCUT2D eigenvalue weighted by Gasteiger charge is -2.35. The highest BCUT2D eigenvalue weighted by Gasteiger charge is 2.27. The van der Waals surface area contributed by atoms with E-state index in [-0.39, 0.29) is 35.3 Å². The Hall–Kier alpha value is -1.53. The van der Waals surface area contributed by atoms with E-state index >= 15 is 0 Å². The number of aromatic hydroxyl groups is 3. The lowest BCUT2D eigenvalue weighted by Crippen LogP contribution is -2.45. The van der Waals surface area contributed by atoms with Crippen molar-refractivity contribution in [3.63, 3.8) is 0 Å². The SMILES string of the molecule is Oc1cc(O)c([C@H](CCF)N2CCNCC2)c(O)c1. The molecule has 5 nitrogen and oxygen atoms in total. The predicted molar refractivity (Wildman–Crippen MR) is 69.2 cm³/mol. The summed E-state index contributed by atoms with van der Waals surface area (Å²) in [7, 11) is 0. The average Bonchev–Trinajstić information content (AvgIpc) is 2.37. The molecule has 1 fully saturated rings. The van der Waals surface area contributed by atoms with Gasteiger partial charge in [-0.05, 0) is 6.42 Å². The van der Waals surface area contributed by atoms with Gasteiger partial charge in [0.25, 0.3) is 0 Å². The summed E-state index contributed by atoms with van der Waals surface area (Å²) in [6, 6.07) is 1.96. The molecule has 1 aromatic carbocycles. The van der Waals surface area contributed by atoms with Crippen LogP contribution in [0, 0.1) is 0 Å². The van der Waals surface area contributed by atoms with Gasteiger partial charge in [0.15, 0.2) is 0 Å². The maximum Gasteiger partial charge on any atom is 0.127 e. The van der Waals surface area contributed by atoms with Crippen LogP contribution in [0.4, 0.5) is 4.39 Å². The highest BCUT2D eigenvalue weighted by atomic mass is 19.1. The Morgan fingerprint density at radius 3 is 2.26 bits per heavy atom. The van der Waals surface area contributed by atoms with Crippen LogP contribution in [0.25, 0.3) is 0 Å². The molecule has 19 heavy (non-hydrogen) atoms. The van der Waals surface area contributed by atoms with Gasteiger partial charge in [-0.25, -0.2) is 0 Å². The minimum absolute atomic E-state index is 0.200. The number of nitrogens with one attached hydrogen (secondary N) is 1. The van der Waals surface area contributed by atoms with Gasteiger partial charge in [0.2, 0.25) is 0 Å². The monoisotopic (exact) mass is 270 g/mol. The molecule has 106 valence electrons. The minimum Gasteiger partial charge on any atom is -0.508 e. The van der Waals surface area contributed by atoms with Gasteiger partial charge in [-0.2, -0.15) is 0 Å². The van der Waals surface area contributed by atoms with Crippen molar-refractivity contribution in [2.75, 3.05) is 32.9 Å². The molecule has 0 amide bonds. The number of benzene rings is 1. The second-order valence-corrected chi connectivity index (χ2v) is 4.68. The minimum atomic E-state index is -0.533. The van der Waals surface area contributed by atoms with E-state index in [9.17, 15) is 19.7 Å². The fraction of sp³-hybridized carbons (Fsp3) is 0.538. The number of nitrogens with zero attached hydrogens (tertiary/aromatic N) is 1. The maximum atomic E-state index is 12.8. The van der Waals surface area contributed by atoms with Gasteiger partial charge in [0.1, 0.15) is 17.2 Å². The largest absolute Gasteiger partial charge is 0.508 e. The van der Waals surface area contributed by atoms with Gasteiger partial charge in [-0.1, -0.05) is 0 Å². The summed E-state index contributed by atoms with van der Waals surface area (Å²) in [5.41, 5.74) is 0.289. The quantitative estimate of drug-likeness (QED) is 0.659. The van der Waals surface area contributed by atoms with Crippen molar-refractivity contribution in [1.29, 1.82) is 0 Å². The van der Waals surface area contributed by atoms with Crippen LogP contribution in [0.2, 0.25) is 0 Å². The lowest BCUT2D eigenvalue weighted by atomic mass is 9.99. The van der Waals surface area contributed by atoms with E-state index in [2.05, 4.69) is 5.32 Å². The van der Waals surface area contributed by atoms with E-state index in [1.807, 2.05) is 4.90 Å². The van der Waals surface area contributed by atoms with Crippen LogP contribution >= 0.6 is 0 Å². The summed E-state index contributed by atoms with van der Waals surface area (Å²) in [6.07, 6.45) is 0.200. The van der Waals surface area contributed by atoms with Crippen molar-refractivity contribution in [2.24, 2.45) is 0 Å². The van der Waals surface area contributed by atoms with E-state index in [1.165, 1.54) is 12.1 Å². The maximum absolute atomic E-state index is 12.8. The molecule has 1 aliphatic heterocycles. The van der Waals surface area contributed by atoms with Crippen molar-refractivity contribution >= 4 is 0 Å². The molecule has 4 N–H and O–H groups in total. The zero-order chi connectivity index (χ0) is 13.8. The Balaban J connectivity index is 2.32. The molecule has 1 atom stereocenters. The number of rotatable bonds is 4. The summed E-state index contributed by atoms with van der Waals surface area (Å²) < 4.78 is 12.8. The molecule has 6 heteroatoms. The number of phenolic OH excluding ortho intramolecular Hbond substituents is 3. The van der Waals surface area contributed by atoms with Gasteiger partial charge in [0.05, 0.1) is 12.2 Å². The number of halogens is 1. The van der Waals surface area contributed by atoms with E-state index < -0.39 is 6.67 Å². The smallest absolute Gasteiger partial charge is 0.127 e. The number of piperazine rings is 1. The third-order valence-corrected chi connectivity index (χ3v) is 3.43. The molecular weight excluding hydrogens is 251 g/mol. The molecule has 0 aromatic heterocycles. The topological polar surface area (TPSA) is 76.0 Å². The standard InChI is InChI=1S/C13H19FN2O3/c14-2-1-10(16-5-3-15-4-6-16)13-11(18)7-9(17)8-12(13)19/h7-8,10,15,17-19H,1-6H2/t10-/m0/s1. The summed E-state index contributed by atoms with van der Waals surface area (Å²) in [5.74, 6) is -0.609. The number of hydrogen-bond acceptors (Lipinski definition) is 5. The van der Waals surface area contributed by atoms with Crippen molar-refractivity contribution < 1.29 is 19.7 Å². The van der Waals surface area contributed by atoms with Crippen LogP contribution in [0.15, 0.2) is 12.1 Å². The lowest BCUT2D eigenvalue weighted by molar-refractivity contribution is 0.152. The molecule has 0 spiro atoms. The van der Waals surface area contributed by atoms with Crippen molar-refractivity contribution in [2.45, 2.75) is 12.5 Å². The van der Waals surface area contributed by atoms with E-state index in [0.29, 0.717) is 0 Å². The van der Waals surface area contributed by atoms with Crippen LogP contribution in [-0.4, -0.2) is 53.1 Å². The molecule has 1 aliphatic rings. The third kappa shape index (κ3) is 3.08. The van der Waals surface area contributed by atoms with E-state index in [4.69, 9.17) is 0 Å². The van der Waals surface area contributed by atoms with Gasteiger partial charge in [-0.3, -0.25) is 9.29 Å². The first kappa shape index (κ1) is 13.9. The van der Waals surface area contributed by atoms with Crippen LogP contribution in [-0.2, 0) is 0 Å². The molecule has 1 heterocycles. The first-order chi connectivity index (χ1) is 9.13. The Bertz CT molecular complexity index is 413. The molecule has 0 unspecified atom stereocenters. The zero-order valence-electron chi connectivity index (χ0n) is 10.6. The molecule has 2 rings (SSSR count). The first-order valence-electron chi connectivity index (χ1n) is 6.39. The van der Waals surface area contributed by atoms with Gasteiger partial charge >= 0.3 is 0 Å². The van der Waals surface area contributed by atoms with Crippen molar-refractivity contribution in [1.82, 2.24) is 10.2 Å². The molecule has 1 aromatic rings. The van der Waals surface area contributed by atoms with Crippen molar-refractivity contribution in [3.05, 3.63) is 17.7 Å². The highest BCUT2D eigenvalue weighted by molar-refractivity contribution is 5.50. The summed E-state index contributed by atoms with van der Waals surface area (Å²) in [4.78, 5) is 2.03. The third-order valence-electron chi connectivity index (χ3n) is 3.43. The Morgan fingerprint density at radius 2 is 1.74 bits per heavy atom. The number of phenols is 3. The van der Waals surface area contributed by atoms with E-state index in [0.717, 1.165) is 26.2 Å². The molecule has 1 saturated heterocycles. The Kier molecular flexibility index (Phi) is 4.44. The Morgan fingerprint density at radius 1 is 1.16 bits per heavy atom. The normalized spacial score (nSPS) is 18.4. The van der Waals surface area contributed by atoms with Crippen LogP contribution in [0.3, 0.4) is 0 Å². The second-order valence-electron chi connectivity index (χ2n) is 4.68. The fourth-order valence-corrected chi connectivity index (χ4v) is 2.56. The first-order valence-corrected chi connectivity index (χ1v) is 6.39. The molecule has 0 saturated carbocycles. The molecule has 0 bridgehead atoms. The van der Waals surface area contributed by atoms with Crippen LogP contribution in [0.1, 0.15) is 18.0 Å². The van der Waals surface area contributed by atoms with E-state index in [1.54, 1.807) is 0 Å². The average molecular weight is 270 g/mol. The number of hydrogen-bond donors (Lipinski definition) is 4. The van der Waals surface area contributed by atoms with Crippen LogP contribution < -0.4 is 5.32 Å². The van der Waals surface area contributed by atoms with Gasteiger partial charge in [-0.15, -0.1) is 0 Å². The Labute approximate surface area is 111 Å². The van der Waals surface area contributed by atoms with Gasteiger partial charge < -0.3 is 20.6 Å².